The second kappa shape index (κ2) is 6.97. The monoisotopic (exact) mass is 315 g/mol. The van der Waals surface area contributed by atoms with Gasteiger partial charge in [-0.05, 0) is 32.0 Å². The minimum Gasteiger partial charge on any atom is -0.462 e. The van der Waals surface area contributed by atoms with Crippen molar-refractivity contribution in [1.82, 2.24) is 4.98 Å². The Hall–Kier alpha value is -3.12. The molecule has 0 unspecified atom stereocenters. The summed E-state index contributed by atoms with van der Waals surface area (Å²) in [6, 6.07) is 17.4. The third kappa shape index (κ3) is 3.13. The summed E-state index contributed by atoms with van der Waals surface area (Å²) in [6.07, 6.45) is 0. The Balaban J connectivity index is 2.24. The summed E-state index contributed by atoms with van der Waals surface area (Å²) < 4.78 is 5.20. The molecule has 24 heavy (non-hydrogen) atoms. The Bertz CT molecular complexity index is 950. The lowest BCUT2D eigenvalue weighted by Gasteiger charge is -2.10. The number of esters is 1. The zero-order valence-electron chi connectivity index (χ0n) is 13.7. The van der Waals surface area contributed by atoms with Crippen LogP contribution in [0.5, 0.6) is 0 Å². The van der Waals surface area contributed by atoms with Gasteiger partial charge in [-0.15, -0.1) is 0 Å². The zero-order valence-corrected chi connectivity index (χ0v) is 13.7. The third-order valence-electron chi connectivity index (χ3n) is 3.66. The van der Waals surface area contributed by atoms with Crippen LogP contribution < -0.4 is 0 Å². The molecule has 0 N–H and O–H groups in total. The van der Waals surface area contributed by atoms with Crippen molar-refractivity contribution in [1.29, 1.82) is 0 Å². The normalized spacial score (nSPS) is 10.1. The summed E-state index contributed by atoms with van der Waals surface area (Å²) in [5, 5.41) is 0.856. The maximum atomic E-state index is 12.4. The van der Waals surface area contributed by atoms with Gasteiger partial charge in [0.05, 0.1) is 28.9 Å². The summed E-state index contributed by atoms with van der Waals surface area (Å²) in [4.78, 5) is 16.9. The minimum atomic E-state index is -0.384. The zero-order chi connectivity index (χ0) is 16.9. The topological polar surface area (TPSA) is 39.2 Å². The molecule has 0 fully saturated rings. The van der Waals surface area contributed by atoms with E-state index in [0.29, 0.717) is 23.4 Å². The fraction of sp³-hybridized carbons (Fsp3) is 0.143. The van der Waals surface area contributed by atoms with Gasteiger partial charge in [-0.2, -0.15) is 0 Å². The molecule has 0 saturated carbocycles. The molecule has 3 rings (SSSR count). The first-order valence-electron chi connectivity index (χ1n) is 7.84. The van der Waals surface area contributed by atoms with E-state index in [1.54, 1.807) is 6.92 Å². The first-order valence-corrected chi connectivity index (χ1v) is 7.84. The molecule has 0 aliphatic carbocycles. The van der Waals surface area contributed by atoms with Crippen LogP contribution in [-0.2, 0) is 4.74 Å². The number of ether oxygens (including phenoxy) is 1. The SMILES string of the molecule is CCOC(=O)c1c(C)nc2ccccc2c1C#Cc1ccccc1. The fourth-order valence-electron chi connectivity index (χ4n) is 2.57. The summed E-state index contributed by atoms with van der Waals surface area (Å²) in [5.74, 6) is 5.91. The number of pyridine rings is 1. The molecule has 0 spiro atoms. The highest BCUT2D eigenvalue weighted by Crippen LogP contribution is 2.23. The standard InChI is InChI=1S/C21H17NO2/c1-3-24-21(23)20-15(2)22-19-12-8-7-11-17(19)18(20)14-13-16-9-5-4-6-10-16/h4-12H,3H2,1-2H3. The van der Waals surface area contributed by atoms with Crippen molar-refractivity contribution in [2.75, 3.05) is 6.61 Å². The molecular weight excluding hydrogens is 298 g/mol. The molecule has 3 aromatic rings. The van der Waals surface area contributed by atoms with Gasteiger partial charge in [-0.1, -0.05) is 48.2 Å². The van der Waals surface area contributed by atoms with Crippen LogP contribution >= 0.6 is 0 Å². The number of para-hydroxylation sites is 1. The molecular formula is C21H17NO2. The van der Waals surface area contributed by atoms with Gasteiger partial charge in [0.15, 0.2) is 0 Å². The van der Waals surface area contributed by atoms with E-state index in [2.05, 4.69) is 16.8 Å². The van der Waals surface area contributed by atoms with E-state index in [4.69, 9.17) is 4.74 Å². The number of aryl methyl sites for hydroxylation is 1. The van der Waals surface area contributed by atoms with Gasteiger partial charge in [0.25, 0.3) is 0 Å². The van der Waals surface area contributed by atoms with Crippen LogP contribution in [0.1, 0.15) is 34.1 Å². The Labute approximate surface area is 141 Å². The number of aromatic nitrogens is 1. The number of hydrogen-bond acceptors (Lipinski definition) is 3. The highest BCUT2D eigenvalue weighted by molar-refractivity contribution is 6.00. The quantitative estimate of drug-likeness (QED) is 0.527. The van der Waals surface area contributed by atoms with Gasteiger partial charge in [0.1, 0.15) is 0 Å². The first kappa shape index (κ1) is 15.8. The smallest absolute Gasteiger partial charge is 0.341 e. The van der Waals surface area contributed by atoms with Gasteiger partial charge < -0.3 is 4.74 Å². The van der Waals surface area contributed by atoms with Crippen molar-refractivity contribution < 1.29 is 9.53 Å². The average Bonchev–Trinajstić information content (AvgIpc) is 2.60. The largest absolute Gasteiger partial charge is 0.462 e. The molecule has 0 aliphatic heterocycles. The maximum Gasteiger partial charge on any atom is 0.341 e. The van der Waals surface area contributed by atoms with Crippen molar-refractivity contribution in [3.63, 3.8) is 0 Å². The van der Waals surface area contributed by atoms with Gasteiger partial charge >= 0.3 is 5.97 Å². The third-order valence-corrected chi connectivity index (χ3v) is 3.66. The van der Waals surface area contributed by atoms with E-state index in [1.165, 1.54) is 0 Å². The Kier molecular flexibility index (Phi) is 4.58. The molecule has 3 nitrogen and oxygen atoms in total. The number of carbonyl (C=O) groups excluding carboxylic acids is 1. The summed E-state index contributed by atoms with van der Waals surface area (Å²) >= 11 is 0. The van der Waals surface area contributed by atoms with Crippen LogP contribution in [0.3, 0.4) is 0 Å². The second-order valence-corrected chi connectivity index (χ2v) is 5.30. The van der Waals surface area contributed by atoms with E-state index in [9.17, 15) is 4.79 Å². The second-order valence-electron chi connectivity index (χ2n) is 5.30. The summed E-state index contributed by atoms with van der Waals surface area (Å²) in [5.41, 5.74) is 3.45. The molecule has 0 aliphatic rings. The lowest BCUT2D eigenvalue weighted by molar-refractivity contribution is 0.0525. The number of rotatable bonds is 2. The summed E-state index contributed by atoms with van der Waals surface area (Å²) in [7, 11) is 0. The lowest BCUT2D eigenvalue weighted by Crippen LogP contribution is -2.11. The molecule has 118 valence electrons. The molecule has 0 saturated heterocycles. The predicted octanol–water partition coefficient (Wildman–Crippen LogP) is 4.12. The van der Waals surface area contributed by atoms with Gasteiger partial charge in [0, 0.05) is 10.9 Å². The predicted molar refractivity (Wildman–Crippen MR) is 94.9 cm³/mol. The number of benzene rings is 2. The van der Waals surface area contributed by atoms with E-state index in [-0.39, 0.29) is 5.97 Å². The average molecular weight is 315 g/mol. The van der Waals surface area contributed by atoms with Gasteiger partial charge in [-0.25, -0.2) is 4.79 Å². The van der Waals surface area contributed by atoms with Crippen LogP contribution in [0.4, 0.5) is 0 Å². The maximum absolute atomic E-state index is 12.4. The van der Waals surface area contributed by atoms with Crippen LogP contribution in [0.25, 0.3) is 10.9 Å². The van der Waals surface area contributed by atoms with E-state index in [0.717, 1.165) is 16.5 Å². The van der Waals surface area contributed by atoms with Crippen molar-refractivity contribution >= 4 is 16.9 Å². The highest BCUT2D eigenvalue weighted by Gasteiger charge is 2.18. The number of carbonyl (C=O) groups is 1. The fourth-order valence-corrected chi connectivity index (χ4v) is 2.57. The van der Waals surface area contributed by atoms with E-state index < -0.39 is 0 Å². The van der Waals surface area contributed by atoms with E-state index in [1.807, 2.05) is 61.5 Å². The number of hydrogen-bond donors (Lipinski definition) is 0. The van der Waals surface area contributed by atoms with Crippen LogP contribution in [-0.4, -0.2) is 17.6 Å². The Morgan fingerprint density at radius 3 is 2.50 bits per heavy atom. The molecule has 0 bridgehead atoms. The number of fused-ring (bicyclic) bond motifs is 1. The summed E-state index contributed by atoms with van der Waals surface area (Å²) in [6.45, 7) is 3.92. The van der Waals surface area contributed by atoms with Crippen LogP contribution in [0.15, 0.2) is 54.6 Å². The molecule has 0 amide bonds. The molecule has 1 aromatic heterocycles. The number of nitrogens with zero attached hydrogens (tertiary/aromatic N) is 1. The van der Waals surface area contributed by atoms with Crippen molar-refractivity contribution in [2.45, 2.75) is 13.8 Å². The van der Waals surface area contributed by atoms with E-state index >= 15 is 0 Å². The lowest BCUT2D eigenvalue weighted by atomic mass is 10.0. The molecule has 3 heteroatoms. The first-order chi connectivity index (χ1) is 11.7. The molecule has 2 aromatic carbocycles. The van der Waals surface area contributed by atoms with Gasteiger partial charge in [0.2, 0.25) is 0 Å². The molecule has 0 atom stereocenters. The van der Waals surface area contributed by atoms with Crippen LogP contribution in [0, 0.1) is 18.8 Å². The van der Waals surface area contributed by atoms with Crippen LogP contribution in [0.2, 0.25) is 0 Å². The molecule has 1 heterocycles. The Morgan fingerprint density at radius 1 is 1.04 bits per heavy atom. The Morgan fingerprint density at radius 2 is 1.75 bits per heavy atom. The van der Waals surface area contributed by atoms with Crippen molar-refractivity contribution in [3.05, 3.63) is 77.0 Å². The minimum absolute atomic E-state index is 0.316. The highest BCUT2D eigenvalue weighted by atomic mass is 16.5. The van der Waals surface area contributed by atoms with Crippen molar-refractivity contribution in [2.24, 2.45) is 0 Å². The molecule has 0 radical (unpaired) electrons. The van der Waals surface area contributed by atoms with Gasteiger partial charge in [-0.3, -0.25) is 4.98 Å². The van der Waals surface area contributed by atoms with Crippen molar-refractivity contribution in [3.8, 4) is 11.8 Å².